The van der Waals surface area contributed by atoms with Crippen molar-refractivity contribution in [3.05, 3.63) is 42.1 Å². The molecule has 2 aromatic rings. The molecule has 1 amide bonds. The Hall–Kier alpha value is -2.67. The van der Waals surface area contributed by atoms with Crippen LogP contribution in [-0.2, 0) is 9.53 Å². The fraction of sp³-hybridized carbons (Fsp3) is 0.389. The largest absolute Gasteiger partial charge is 0.481 e. The summed E-state index contributed by atoms with van der Waals surface area (Å²) in [6.45, 7) is 0.661. The summed E-state index contributed by atoms with van der Waals surface area (Å²) in [6, 6.07) is 10.9. The van der Waals surface area contributed by atoms with Crippen molar-refractivity contribution in [3.8, 4) is 11.3 Å². The van der Waals surface area contributed by atoms with Crippen molar-refractivity contribution in [1.82, 2.24) is 10.1 Å². The predicted molar refractivity (Wildman–Crippen MR) is 89.0 cm³/mol. The zero-order valence-corrected chi connectivity index (χ0v) is 14.0. The average molecular weight is 344 g/mol. The molecule has 25 heavy (non-hydrogen) atoms. The molecule has 0 saturated carbocycles. The smallest absolute Gasteiger partial charge is 0.313 e. The second-order valence-electron chi connectivity index (χ2n) is 6.29. The van der Waals surface area contributed by atoms with Crippen molar-refractivity contribution in [2.24, 2.45) is 5.41 Å². The van der Waals surface area contributed by atoms with Crippen molar-refractivity contribution in [3.63, 3.8) is 0 Å². The summed E-state index contributed by atoms with van der Waals surface area (Å²) in [5.41, 5.74) is -0.0707. The number of hydrogen-bond acceptors (Lipinski definition) is 5. The number of rotatable bonds is 5. The van der Waals surface area contributed by atoms with E-state index < -0.39 is 11.4 Å². The summed E-state index contributed by atoms with van der Waals surface area (Å²) in [5.74, 6) is -0.772. The average Bonchev–Trinajstić information content (AvgIpc) is 3.12. The Bertz CT molecular complexity index is 754. The number of nitrogens with zero attached hydrogens (tertiary/aromatic N) is 2. The summed E-state index contributed by atoms with van der Waals surface area (Å²) >= 11 is 0. The van der Waals surface area contributed by atoms with Gasteiger partial charge in [-0.05, 0) is 12.8 Å². The van der Waals surface area contributed by atoms with Gasteiger partial charge < -0.3 is 19.3 Å². The number of piperidine rings is 1. The molecular formula is C18H20N2O5. The third kappa shape index (κ3) is 3.41. The van der Waals surface area contributed by atoms with Crippen LogP contribution >= 0.6 is 0 Å². The molecule has 1 N–H and O–H groups in total. The maximum Gasteiger partial charge on any atom is 0.313 e. The van der Waals surface area contributed by atoms with Crippen LogP contribution in [0.3, 0.4) is 0 Å². The molecule has 0 spiro atoms. The normalized spacial score (nSPS) is 20.4. The Morgan fingerprint density at radius 3 is 2.80 bits per heavy atom. The summed E-state index contributed by atoms with van der Waals surface area (Å²) in [7, 11) is 1.47. The number of aromatic nitrogens is 1. The number of carboxylic acid groups (broad SMARTS) is 1. The molecule has 1 aromatic heterocycles. The Kier molecular flexibility index (Phi) is 4.85. The van der Waals surface area contributed by atoms with Crippen LogP contribution in [0.25, 0.3) is 11.3 Å². The number of methoxy groups -OCH3 is 1. The van der Waals surface area contributed by atoms with Crippen LogP contribution in [-0.4, -0.2) is 53.8 Å². The van der Waals surface area contributed by atoms with Gasteiger partial charge in [-0.15, -0.1) is 0 Å². The third-order valence-electron chi connectivity index (χ3n) is 4.53. The summed E-state index contributed by atoms with van der Waals surface area (Å²) in [6.07, 6.45) is 1.08. The minimum atomic E-state index is -1.07. The van der Waals surface area contributed by atoms with Crippen LogP contribution in [0.5, 0.6) is 0 Å². The van der Waals surface area contributed by atoms with Gasteiger partial charge in [-0.2, -0.15) is 0 Å². The highest BCUT2D eigenvalue weighted by molar-refractivity contribution is 5.93. The van der Waals surface area contributed by atoms with E-state index >= 15 is 0 Å². The Morgan fingerprint density at radius 2 is 2.12 bits per heavy atom. The van der Waals surface area contributed by atoms with Crippen molar-refractivity contribution in [2.75, 3.05) is 26.8 Å². The number of aliphatic carboxylic acids is 1. The molecular weight excluding hydrogens is 324 g/mol. The highest BCUT2D eigenvalue weighted by Gasteiger charge is 2.44. The number of carbonyl (C=O) groups excluding carboxylic acids is 1. The third-order valence-corrected chi connectivity index (χ3v) is 4.53. The van der Waals surface area contributed by atoms with Crippen LogP contribution in [0, 0.1) is 5.41 Å². The molecule has 0 bridgehead atoms. The minimum Gasteiger partial charge on any atom is -0.481 e. The lowest BCUT2D eigenvalue weighted by molar-refractivity contribution is -0.155. The second-order valence-corrected chi connectivity index (χ2v) is 6.29. The van der Waals surface area contributed by atoms with Crippen LogP contribution in [0.15, 0.2) is 40.9 Å². The number of carbonyl (C=O) groups is 2. The van der Waals surface area contributed by atoms with E-state index in [1.54, 1.807) is 6.07 Å². The van der Waals surface area contributed by atoms with Crippen molar-refractivity contribution in [2.45, 2.75) is 12.8 Å². The monoisotopic (exact) mass is 344 g/mol. The van der Waals surface area contributed by atoms with E-state index in [0.717, 1.165) is 5.56 Å². The summed E-state index contributed by atoms with van der Waals surface area (Å²) in [4.78, 5) is 26.0. The maximum absolute atomic E-state index is 12.7. The van der Waals surface area contributed by atoms with Crippen LogP contribution in [0.2, 0.25) is 0 Å². The Morgan fingerprint density at radius 1 is 1.36 bits per heavy atom. The first-order valence-corrected chi connectivity index (χ1v) is 8.09. The number of amides is 1. The van der Waals surface area contributed by atoms with Gasteiger partial charge in [-0.1, -0.05) is 35.5 Å². The molecule has 1 aliphatic heterocycles. The fourth-order valence-corrected chi connectivity index (χ4v) is 3.21. The van der Waals surface area contributed by atoms with Gasteiger partial charge in [-0.25, -0.2) is 0 Å². The molecule has 1 fully saturated rings. The zero-order valence-electron chi connectivity index (χ0n) is 14.0. The maximum atomic E-state index is 12.7. The van der Waals surface area contributed by atoms with Gasteiger partial charge in [0.05, 0.1) is 6.61 Å². The lowest BCUT2D eigenvalue weighted by Crippen LogP contribution is -2.52. The highest BCUT2D eigenvalue weighted by atomic mass is 16.5. The lowest BCUT2D eigenvalue weighted by atomic mass is 9.80. The highest BCUT2D eigenvalue weighted by Crippen LogP contribution is 2.32. The first kappa shape index (κ1) is 17.2. The SMILES string of the molecule is COCC1(C(=O)O)CCCN(C(=O)c2cc(-c3ccccc3)on2)C1. The van der Waals surface area contributed by atoms with Gasteiger partial charge in [0.25, 0.3) is 5.91 Å². The van der Waals surface area contributed by atoms with Gasteiger partial charge in [0.1, 0.15) is 5.41 Å². The number of ether oxygens (including phenoxy) is 1. The number of hydrogen-bond donors (Lipinski definition) is 1. The molecule has 132 valence electrons. The molecule has 0 aliphatic carbocycles. The molecule has 1 saturated heterocycles. The first-order chi connectivity index (χ1) is 12.1. The Balaban J connectivity index is 1.79. The van der Waals surface area contributed by atoms with E-state index in [9.17, 15) is 14.7 Å². The van der Waals surface area contributed by atoms with Crippen LogP contribution < -0.4 is 0 Å². The Labute approximate surface area is 145 Å². The molecule has 3 rings (SSSR count). The quantitative estimate of drug-likeness (QED) is 0.894. The summed E-state index contributed by atoms with van der Waals surface area (Å²) in [5, 5.41) is 13.5. The second kappa shape index (κ2) is 7.06. The van der Waals surface area contributed by atoms with Crippen molar-refractivity contribution < 1.29 is 24.0 Å². The molecule has 1 aromatic carbocycles. The van der Waals surface area contributed by atoms with E-state index in [0.29, 0.717) is 25.1 Å². The minimum absolute atomic E-state index is 0.0696. The topological polar surface area (TPSA) is 92.9 Å². The van der Waals surface area contributed by atoms with Crippen LogP contribution in [0.1, 0.15) is 23.3 Å². The predicted octanol–water partition coefficient (Wildman–Crippen LogP) is 2.30. The van der Waals surface area contributed by atoms with E-state index in [1.807, 2.05) is 30.3 Å². The standard InChI is InChI=1S/C18H20N2O5/c1-24-12-18(17(22)23)8-5-9-20(11-18)16(21)14-10-15(25-19-14)13-6-3-2-4-7-13/h2-4,6-7,10H,5,8-9,11-12H2,1H3,(H,22,23). The van der Waals surface area contributed by atoms with Crippen LogP contribution in [0.4, 0.5) is 0 Å². The number of carboxylic acids is 1. The van der Waals surface area contributed by atoms with E-state index in [4.69, 9.17) is 9.26 Å². The zero-order chi connectivity index (χ0) is 17.9. The number of likely N-dealkylation sites (tertiary alicyclic amines) is 1. The van der Waals surface area contributed by atoms with E-state index in [-0.39, 0.29) is 24.8 Å². The van der Waals surface area contributed by atoms with Crippen molar-refractivity contribution in [1.29, 1.82) is 0 Å². The van der Waals surface area contributed by atoms with E-state index in [2.05, 4.69) is 5.16 Å². The first-order valence-electron chi connectivity index (χ1n) is 8.09. The molecule has 1 aliphatic rings. The molecule has 0 radical (unpaired) electrons. The molecule has 1 unspecified atom stereocenters. The molecule has 1 atom stereocenters. The fourth-order valence-electron chi connectivity index (χ4n) is 3.21. The van der Waals surface area contributed by atoms with Gasteiger partial charge in [0, 0.05) is 31.8 Å². The van der Waals surface area contributed by atoms with Gasteiger partial charge in [0.15, 0.2) is 11.5 Å². The van der Waals surface area contributed by atoms with Gasteiger partial charge in [-0.3, -0.25) is 9.59 Å². The molecule has 7 nitrogen and oxygen atoms in total. The van der Waals surface area contributed by atoms with Crippen molar-refractivity contribution >= 4 is 11.9 Å². The lowest BCUT2D eigenvalue weighted by Gasteiger charge is -2.39. The molecule has 7 heteroatoms. The number of benzene rings is 1. The molecule has 2 heterocycles. The van der Waals surface area contributed by atoms with Gasteiger partial charge in [0.2, 0.25) is 0 Å². The van der Waals surface area contributed by atoms with Gasteiger partial charge >= 0.3 is 5.97 Å². The van der Waals surface area contributed by atoms with E-state index in [1.165, 1.54) is 12.0 Å². The summed E-state index contributed by atoms with van der Waals surface area (Å²) < 4.78 is 10.4.